The molecular weight excluding hydrogens is 457 g/mol. The molecule has 4 rings (SSSR count). The quantitative estimate of drug-likeness (QED) is 0.340. The first-order chi connectivity index (χ1) is 13.8. The van der Waals surface area contributed by atoms with Crippen molar-refractivity contribution < 1.29 is 38.7 Å². The number of carbonyl (C=O) groups is 2. The van der Waals surface area contributed by atoms with E-state index in [1.165, 1.54) is 0 Å². The maximum atomic E-state index is 12.8. The number of fused-ring (bicyclic) bond motifs is 5. The number of ketones is 2. The molecule has 0 amide bonds. The fourth-order valence-electron chi connectivity index (χ4n) is 7.05. The van der Waals surface area contributed by atoms with Crippen molar-refractivity contribution in [1.82, 2.24) is 0 Å². The standard InChI is InChI=1S/C21H29O8P.2Na/c1-19-7-5-13(22)9-12(19)3-4-14-15-6-8-21(25,17(24)11-29-30(26,27)28)20(15,2)10-16(23)18(14)19;;/h5,7,9,14-16,18,23,25H,3-4,6,8,10-11H2,1-2H3,(H2,26,27,28);;. The molecule has 0 aromatic heterocycles. The van der Waals surface area contributed by atoms with Crippen LogP contribution in [-0.4, -0.2) is 109 Å². The molecule has 0 saturated heterocycles. The molecule has 7 unspecified atom stereocenters. The third kappa shape index (κ3) is 4.54. The smallest absolute Gasteiger partial charge is 0.393 e. The Bertz CT molecular complexity index is 900. The van der Waals surface area contributed by atoms with Crippen LogP contribution >= 0.6 is 7.82 Å². The van der Waals surface area contributed by atoms with Gasteiger partial charge in [0.2, 0.25) is 0 Å². The third-order valence-electron chi connectivity index (χ3n) is 8.47. The second-order valence-corrected chi connectivity index (χ2v) is 11.0. The second kappa shape index (κ2) is 9.72. The van der Waals surface area contributed by atoms with E-state index in [9.17, 15) is 24.4 Å². The first kappa shape index (κ1) is 29.1. The summed E-state index contributed by atoms with van der Waals surface area (Å²) in [5.41, 5.74) is -2.15. The molecular formula is C21H29Na2O8P. The molecule has 0 bridgehead atoms. The van der Waals surface area contributed by atoms with Crippen molar-refractivity contribution in [2.24, 2.45) is 28.6 Å². The van der Waals surface area contributed by atoms with E-state index < -0.39 is 42.7 Å². The Morgan fingerprint density at radius 1 is 1.25 bits per heavy atom. The fourth-order valence-corrected chi connectivity index (χ4v) is 7.34. The van der Waals surface area contributed by atoms with Gasteiger partial charge in [0.05, 0.1) is 6.10 Å². The van der Waals surface area contributed by atoms with E-state index in [1.54, 1.807) is 19.1 Å². The second-order valence-electron chi connectivity index (χ2n) is 9.80. The number of Topliss-reactive ketones (excluding diaryl/α,β-unsaturated/α-hetero) is 1. The molecule has 168 valence electrons. The Hall–Kier alpha value is 0.850. The Labute approximate surface area is 232 Å². The van der Waals surface area contributed by atoms with Gasteiger partial charge in [-0.05, 0) is 56.1 Å². The van der Waals surface area contributed by atoms with E-state index in [0.717, 1.165) is 18.4 Å². The van der Waals surface area contributed by atoms with Crippen molar-refractivity contribution in [2.45, 2.75) is 57.7 Å². The van der Waals surface area contributed by atoms with Crippen LogP contribution in [-0.2, 0) is 18.7 Å². The van der Waals surface area contributed by atoms with Crippen molar-refractivity contribution in [2.75, 3.05) is 6.61 Å². The summed E-state index contributed by atoms with van der Waals surface area (Å²) in [5.74, 6) is -0.888. The Morgan fingerprint density at radius 3 is 2.53 bits per heavy atom. The first-order valence-corrected chi connectivity index (χ1v) is 11.9. The SMILES string of the molecule is CC12C=CC(=O)C=C1CCC1C2C(O)CC2(C)C1CCC2(O)C(=O)COP(=O)(O)O.[Na].[Na]. The van der Waals surface area contributed by atoms with Gasteiger partial charge >= 0.3 is 7.82 Å². The normalized spacial score (nSPS) is 42.6. The van der Waals surface area contributed by atoms with Crippen molar-refractivity contribution in [3.63, 3.8) is 0 Å². The molecule has 0 heterocycles. The Balaban J connectivity index is 0.00000181. The predicted octanol–water partition coefficient (Wildman–Crippen LogP) is 0.913. The Morgan fingerprint density at radius 2 is 1.91 bits per heavy atom. The van der Waals surface area contributed by atoms with E-state index in [2.05, 4.69) is 4.52 Å². The summed E-state index contributed by atoms with van der Waals surface area (Å²) in [4.78, 5) is 42.5. The molecule has 4 aliphatic carbocycles. The zero-order chi connectivity index (χ0) is 22.1. The number of allylic oxidation sites excluding steroid dienone is 4. The number of phosphoric ester groups is 1. The van der Waals surface area contributed by atoms with E-state index in [0.29, 0.717) is 6.42 Å². The largest absolute Gasteiger partial charge is 0.470 e. The summed E-state index contributed by atoms with van der Waals surface area (Å²) in [6.07, 6.45) is 6.76. The number of hydrogen-bond acceptors (Lipinski definition) is 6. The van der Waals surface area contributed by atoms with Crippen LogP contribution in [0.2, 0.25) is 0 Å². The van der Waals surface area contributed by atoms with E-state index in [1.807, 2.05) is 13.0 Å². The van der Waals surface area contributed by atoms with Gasteiger partial charge in [0.15, 0.2) is 11.6 Å². The average molecular weight is 486 g/mol. The summed E-state index contributed by atoms with van der Waals surface area (Å²) in [7, 11) is -4.84. The van der Waals surface area contributed by atoms with Gasteiger partial charge < -0.3 is 20.0 Å². The minimum atomic E-state index is -4.84. The van der Waals surface area contributed by atoms with Gasteiger partial charge in [0.1, 0.15) is 12.2 Å². The van der Waals surface area contributed by atoms with Gasteiger partial charge in [-0.2, -0.15) is 0 Å². The molecule has 3 fully saturated rings. The molecule has 4 aliphatic rings. The molecule has 0 aliphatic heterocycles. The van der Waals surface area contributed by atoms with Crippen LogP contribution in [0.25, 0.3) is 0 Å². The van der Waals surface area contributed by atoms with E-state index >= 15 is 0 Å². The molecule has 3 saturated carbocycles. The monoisotopic (exact) mass is 486 g/mol. The summed E-state index contributed by atoms with van der Waals surface area (Å²) < 4.78 is 15.4. The molecule has 11 heteroatoms. The zero-order valence-corrected chi connectivity index (χ0v) is 24.0. The maximum absolute atomic E-state index is 12.8. The molecule has 7 atom stereocenters. The zero-order valence-electron chi connectivity index (χ0n) is 19.2. The number of aliphatic hydroxyl groups excluding tert-OH is 1. The van der Waals surface area contributed by atoms with Crippen molar-refractivity contribution in [3.05, 3.63) is 23.8 Å². The summed E-state index contributed by atoms with van der Waals surface area (Å²) in [6.45, 7) is 2.97. The van der Waals surface area contributed by atoms with E-state index in [-0.39, 0.29) is 95.5 Å². The molecule has 4 N–H and O–H groups in total. The van der Waals surface area contributed by atoms with Crippen LogP contribution < -0.4 is 0 Å². The number of hydrogen-bond donors (Lipinski definition) is 4. The van der Waals surface area contributed by atoms with Crippen LogP contribution in [0.5, 0.6) is 0 Å². The molecule has 2 radical (unpaired) electrons. The third-order valence-corrected chi connectivity index (χ3v) is 8.94. The number of aliphatic hydroxyl groups is 2. The number of carbonyl (C=O) groups excluding carboxylic acids is 2. The average Bonchev–Trinajstić information content (AvgIpc) is 2.91. The number of phosphoric acid groups is 1. The van der Waals surface area contributed by atoms with Gasteiger partial charge in [-0.15, -0.1) is 0 Å². The van der Waals surface area contributed by atoms with Crippen molar-refractivity contribution in [1.29, 1.82) is 0 Å². The molecule has 32 heavy (non-hydrogen) atoms. The van der Waals surface area contributed by atoms with Crippen LogP contribution in [0.4, 0.5) is 0 Å². The molecule has 8 nitrogen and oxygen atoms in total. The van der Waals surface area contributed by atoms with Crippen LogP contribution in [0, 0.1) is 28.6 Å². The van der Waals surface area contributed by atoms with Gasteiger partial charge in [-0.3, -0.25) is 14.1 Å². The first-order valence-electron chi connectivity index (χ1n) is 10.4. The van der Waals surface area contributed by atoms with Crippen LogP contribution in [0.3, 0.4) is 0 Å². The summed E-state index contributed by atoms with van der Waals surface area (Å²) in [5, 5.41) is 22.6. The molecule has 0 aromatic carbocycles. The minimum Gasteiger partial charge on any atom is -0.393 e. The summed E-state index contributed by atoms with van der Waals surface area (Å²) >= 11 is 0. The molecule has 0 spiro atoms. The Kier molecular flexibility index (Phi) is 8.83. The van der Waals surface area contributed by atoms with E-state index in [4.69, 9.17) is 9.79 Å². The topological polar surface area (TPSA) is 141 Å². The molecule has 0 aromatic rings. The van der Waals surface area contributed by atoms with Gasteiger partial charge in [0.25, 0.3) is 0 Å². The van der Waals surface area contributed by atoms with Gasteiger partial charge in [-0.25, -0.2) is 4.57 Å². The van der Waals surface area contributed by atoms with Crippen molar-refractivity contribution >= 4 is 78.5 Å². The van der Waals surface area contributed by atoms with Crippen LogP contribution in [0.15, 0.2) is 23.8 Å². The van der Waals surface area contributed by atoms with Gasteiger partial charge in [0, 0.05) is 75.9 Å². The number of rotatable bonds is 4. The maximum Gasteiger partial charge on any atom is 0.470 e. The fraction of sp³-hybridized carbons (Fsp3) is 0.714. The van der Waals surface area contributed by atoms with Crippen molar-refractivity contribution in [3.8, 4) is 0 Å². The minimum absolute atomic E-state index is 0. The van der Waals surface area contributed by atoms with Gasteiger partial charge in [-0.1, -0.05) is 25.5 Å². The van der Waals surface area contributed by atoms with Crippen LogP contribution in [0.1, 0.15) is 46.0 Å². The predicted molar refractivity (Wildman–Crippen MR) is 117 cm³/mol. The summed E-state index contributed by atoms with van der Waals surface area (Å²) in [6, 6.07) is 0.